The van der Waals surface area contributed by atoms with Gasteiger partial charge in [0.25, 0.3) is 0 Å². The smallest absolute Gasteiger partial charge is 0.303 e. The van der Waals surface area contributed by atoms with Crippen LogP contribution in [-0.4, -0.2) is 23.2 Å². The molecule has 0 aliphatic carbocycles. The largest absolute Gasteiger partial charge is 0.481 e. The number of hydrogen-bond acceptors (Lipinski definition) is 3. The van der Waals surface area contributed by atoms with Crippen molar-refractivity contribution < 1.29 is 9.90 Å². The summed E-state index contributed by atoms with van der Waals surface area (Å²) < 4.78 is 0. The molecule has 0 atom stereocenters. The molecule has 4 heteroatoms. The van der Waals surface area contributed by atoms with Crippen LogP contribution in [-0.2, 0) is 4.79 Å². The van der Waals surface area contributed by atoms with Crippen LogP contribution in [0.3, 0.4) is 0 Å². The number of hydrogen-bond donors (Lipinski definition) is 3. The van der Waals surface area contributed by atoms with Crippen LogP contribution in [0.4, 0.5) is 0 Å². The van der Waals surface area contributed by atoms with Crippen LogP contribution < -0.4 is 11.5 Å². The summed E-state index contributed by atoms with van der Waals surface area (Å²) in [6.07, 6.45) is 20.2. The van der Waals surface area contributed by atoms with Crippen LogP contribution in [0.1, 0.15) is 124 Å². The number of unbranched alkanes of at least 4 members (excludes halogenated alkanes) is 14. The first-order chi connectivity index (χ1) is 12.3. The van der Waals surface area contributed by atoms with E-state index in [1.54, 1.807) is 0 Å². The van der Waals surface area contributed by atoms with E-state index in [1.807, 2.05) is 13.8 Å². The summed E-state index contributed by atoms with van der Waals surface area (Å²) in [6.45, 7) is 6.61. The first kappa shape index (κ1) is 27.6. The third kappa shape index (κ3) is 31.2. The monoisotopic (exact) mass is 372 g/mol. The molecule has 4 nitrogen and oxygen atoms in total. The number of nitrogens with two attached hydrogens (primary N) is 2. The average molecular weight is 373 g/mol. The molecule has 0 radical (unpaired) electrons. The lowest BCUT2D eigenvalue weighted by Gasteiger charge is -2.13. The maximum absolute atomic E-state index is 10.3. The van der Waals surface area contributed by atoms with Crippen molar-refractivity contribution in [2.45, 2.75) is 129 Å². The van der Waals surface area contributed by atoms with Crippen molar-refractivity contribution in [2.24, 2.45) is 11.5 Å². The van der Waals surface area contributed by atoms with Crippen molar-refractivity contribution in [3.8, 4) is 0 Å². The molecule has 0 aliphatic heterocycles. The van der Waals surface area contributed by atoms with Crippen molar-refractivity contribution in [1.29, 1.82) is 0 Å². The highest BCUT2D eigenvalue weighted by molar-refractivity contribution is 5.66. The van der Waals surface area contributed by atoms with Gasteiger partial charge in [-0.05, 0) is 20.3 Å². The summed E-state index contributed by atoms with van der Waals surface area (Å²) >= 11 is 0. The van der Waals surface area contributed by atoms with Gasteiger partial charge in [0.1, 0.15) is 0 Å². The first-order valence-corrected chi connectivity index (χ1v) is 11.0. The summed E-state index contributed by atoms with van der Waals surface area (Å²) in [7, 11) is 0. The van der Waals surface area contributed by atoms with E-state index in [0.29, 0.717) is 13.0 Å². The molecule has 0 fully saturated rings. The molecule has 158 valence electrons. The molecule has 0 unspecified atom stereocenters. The van der Waals surface area contributed by atoms with E-state index in [1.165, 1.54) is 83.5 Å². The zero-order valence-electron chi connectivity index (χ0n) is 18.0. The zero-order valence-corrected chi connectivity index (χ0v) is 18.0. The Morgan fingerprint density at radius 2 is 1.00 bits per heavy atom. The van der Waals surface area contributed by atoms with E-state index in [0.717, 1.165) is 12.8 Å². The van der Waals surface area contributed by atoms with Gasteiger partial charge >= 0.3 is 5.97 Å². The molecule has 0 aromatic heterocycles. The quantitative estimate of drug-likeness (QED) is 0.272. The number of carboxylic acids is 1. The van der Waals surface area contributed by atoms with Crippen molar-refractivity contribution in [3.05, 3.63) is 0 Å². The van der Waals surface area contributed by atoms with Gasteiger partial charge in [0.05, 0.1) is 0 Å². The molecule has 5 N–H and O–H groups in total. The zero-order chi connectivity index (χ0) is 20.1. The molecule has 0 amide bonds. The SMILES string of the molecule is CC(C)(N)CN.CCCCCCCCCCCCCCCCCC(=O)O. The topological polar surface area (TPSA) is 89.3 Å². The number of rotatable bonds is 17. The molecule has 0 aromatic rings. The lowest BCUT2D eigenvalue weighted by atomic mass is 10.0. The molecule has 0 aliphatic rings. The molecular formula is C22H48N2O2. The van der Waals surface area contributed by atoms with E-state index >= 15 is 0 Å². The third-order valence-electron chi connectivity index (χ3n) is 4.52. The van der Waals surface area contributed by atoms with E-state index in [9.17, 15) is 4.79 Å². The van der Waals surface area contributed by atoms with Crippen LogP contribution >= 0.6 is 0 Å². The molecular weight excluding hydrogens is 324 g/mol. The van der Waals surface area contributed by atoms with E-state index < -0.39 is 5.97 Å². The summed E-state index contributed by atoms with van der Waals surface area (Å²) in [5.41, 5.74) is 10.4. The minimum Gasteiger partial charge on any atom is -0.481 e. The minimum absolute atomic E-state index is 0.181. The minimum atomic E-state index is -0.653. The second kappa shape index (κ2) is 20.7. The highest BCUT2D eigenvalue weighted by atomic mass is 16.4. The van der Waals surface area contributed by atoms with Crippen molar-refractivity contribution in [3.63, 3.8) is 0 Å². The predicted octanol–water partition coefficient (Wildman–Crippen LogP) is 6.01. The number of carboxylic acid groups (broad SMARTS) is 1. The van der Waals surface area contributed by atoms with Gasteiger partial charge in [-0.2, -0.15) is 0 Å². The average Bonchev–Trinajstić information content (AvgIpc) is 2.58. The molecule has 0 saturated carbocycles. The summed E-state index contributed by atoms with van der Waals surface area (Å²) in [5, 5.41) is 8.52. The first-order valence-electron chi connectivity index (χ1n) is 11.0. The van der Waals surface area contributed by atoms with Gasteiger partial charge in [0.15, 0.2) is 0 Å². The van der Waals surface area contributed by atoms with Crippen molar-refractivity contribution >= 4 is 5.97 Å². The van der Waals surface area contributed by atoms with Crippen LogP contribution in [0.5, 0.6) is 0 Å². The van der Waals surface area contributed by atoms with E-state index in [4.69, 9.17) is 16.6 Å². The van der Waals surface area contributed by atoms with Gasteiger partial charge in [-0.15, -0.1) is 0 Å². The van der Waals surface area contributed by atoms with E-state index in [-0.39, 0.29) is 5.54 Å². The number of aliphatic carboxylic acids is 1. The van der Waals surface area contributed by atoms with Gasteiger partial charge in [0.2, 0.25) is 0 Å². The summed E-state index contributed by atoms with van der Waals surface area (Å²) in [6, 6.07) is 0. The second-order valence-corrected chi connectivity index (χ2v) is 8.29. The maximum atomic E-state index is 10.3. The van der Waals surface area contributed by atoms with Gasteiger partial charge in [-0.1, -0.05) is 96.8 Å². The van der Waals surface area contributed by atoms with Gasteiger partial charge < -0.3 is 16.6 Å². The lowest BCUT2D eigenvalue weighted by Crippen LogP contribution is -2.40. The normalized spacial score (nSPS) is 11.1. The number of carbonyl (C=O) groups is 1. The standard InChI is InChI=1S/C18H36O2.C4H12N2/c1-2-3-4-5-6-7-8-9-10-11-12-13-14-15-16-17-18(19)20;1-4(2,6)3-5/h2-17H2,1H3,(H,19,20);3,5-6H2,1-2H3. The van der Waals surface area contributed by atoms with Crippen LogP contribution in [0.15, 0.2) is 0 Å². The molecule has 0 bridgehead atoms. The Labute approximate surface area is 163 Å². The Morgan fingerprint density at radius 3 is 1.23 bits per heavy atom. The third-order valence-corrected chi connectivity index (χ3v) is 4.52. The summed E-state index contributed by atoms with van der Waals surface area (Å²) in [4.78, 5) is 10.3. The lowest BCUT2D eigenvalue weighted by molar-refractivity contribution is -0.137. The van der Waals surface area contributed by atoms with Crippen LogP contribution in [0.25, 0.3) is 0 Å². The molecule has 0 heterocycles. The van der Waals surface area contributed by atoms with Gasteiger partial charge in [0, 0.05) is 18.5 Å². The molecule has 0 rings (SSSR count). The Balaban J connectivity index is 0. The van der Waals surface area contributed by atoms with Gasteiger partial charge in [-0.3, -0.25) is 4.79 Å². The Kier molecular flexibility index (Phi) is 22.0. The summed E-state index contributed by atoms with van der Waals surface area (Å²) in [5.74, 6) is -0.653. The highest BCUT2D eigenvalue weighted by Crippen LogP contribution is 2.13. The van der Waals surface area contributed by atoms with Gasteiger partial charge in [-0.25, -0.2) is 0 Å². The second-order valence-electron chi connectivity index (χ2n) is 8.29. The van der Waals surface area contributed by atoms with Crippen LogP contribution in [0, 0.1) is 0 Å². The molecule has 0 aromatic carbocycles. The Hall–Kier alpha value is -0.610. The van der Waals surface area contributed by atoms with E-state index in [2.05, 4.69) is 6.92 Å². The fraction of sp³-hybridized carbons (Fsp3) is 0.955. The Bertz CT molecular complexity index is 288. The molecule has 0 spiro atoms. The predicted molar refractivity (Wildman–Crippen MR) is 115 cm³/mol. The highest BCUT2D eigenvalue weighted by Gasteiger charge is 2.04. The molecule has 0 saturated heterocycles. The maximum Gasteiger partial charge on any atom is 0.303 e. The van der Waals surface area contributed by atoms with Crippen molar-refractivity contribution in [1.82, 2.24) is 0 Å². The van der Waals surface area contributed by atoms with Crippen LogP contribution in [0.2, 0.25) is 0 Å². The van der Waals surface area contributed by atoms with Crippen molar-refractivity contribution in [2.75, 3.05) is 6.54 Å². The molecule has 26 heavy (non-hydrogen) atoms. The Morgan fingerprint density at radius 1 is 0.731 bits per heavy atom. The fourth-order valence-corrected chi connectivity index (χ4v) is 2.65. The fourth-order valence-electron chi connectivity index (χ4n) is 2.65.